The van der Waals surface area contributed by atoms with Crippen molar-refractivity contribution in [1.82, 2.24) is 0 Å². The fourth-order valence-corrected chi connectivity index (χ4v) is 2.49. The van der Waals surface area contributed by atoms with Crippen LogP contribution in [0, 0.1) is 13.8 Å². The highest BCUT2D eigenvalue weighted by Crippen LogP contribution is 2.28. The fraction of sp³-hybridized carbons (Fsp3) is 0.368. The van der Waals surface area contributed by atoms with Gasteiger partial charge in [0.1, 0.15) is 6.10 Å². The first-order valence-electron chi connectivity index (χ1n) is 7.38. The molecular weight excluding hydrogens is 244 g/mol. The van der Waals surface area contributed by atoms with E-state index < -0.39 is 6.10 Å². The summed E-state index contributed by atoms with van der Waals surface area (Å²) in [5.41, 5.74) is 5.69. The molecule has 1 nitrogen and oxygen atoms in total. The third-order valence-corrected chi connectivity index (χ3v) is 4.37. The molecule has 0 bridgehead atoms. The van der Waals surface area contributed by atoms with E-state index in [0.29, 0.717) is 5.92 Å². The molecule has 1 N–H and O–H groups in total. The number of rotatable bonds is 4. The van der Waals surface area contributed by atoms with E-state index in [1.807, 2.05) is 24.3 Å². The Morgan fingerprint density at radius 2 is 1.55 bits per heavy atom. The maximum absolute atomic E-state index is 10.6. The molecule has 2 unspecified atom stereocenters. The molecule has 20 heavy (non-hydrogen) atoms. The van der Waals surface area contributed by atoms with E-state index in [4.69, 9.17) is 0 Å². The van der Waals surface area contributed by atoms with E-state index >= 15 is 0 Å². The number of aliphatic hydroxyl groups is 1. The van der Waals surface area contributed by atoms with Gasteiger partial charge in [-0.1, -0.05) is 56.3 Å². The van der Waals surface area contributed by atoms with Gasteiger partial charge in [-0.05, 0) is 54.0 Å². The van der Waals surface area contributed by atoms with Crippen LogP contribution in [0.3, 0.4) is 0 Å². The zero-order valence-corrected chi connectivity index (χ0v) is 12.9. The van der Waals surface area contributed by atoms with Gasteiger partial charge in [-0.25, -0.2) is 0 Å². The number of hydrogen-bond donors (Lipinski definition) is 1. The molecule has 2 atom stereocenters. The molecule has 0 aliphatic rings. The Morgan fingerprint density at radius 3 is 2.15 bits per heavy atom. The van der Waals surface area contributed by atoms with E-state index in [0.717, 1.165) is 17.5 Å². The summed E-state index contributed by atoms with van der Waals surface area (Å²) in [6.45, 7) is 8.58. The molecule has 2 aromatic rings. The molecule has 0 aliphatic carbocycles. The minimum atomic E-state index is -0.541. The van der Waals surface area contributed by atoms with Crippen LogP contribution in [-0.4, -0.2) is 5.11 Å². The first kappa shape index (κ1) is 14.8. The molecule has 0 aliphatic heterocycles. The highest BCUT2D eigenvalue weighted by molar-refractivity contribution is 5.40. The first-order valence-corrected chi connectivity index (χ1v) is 7.38. The van der Waals surface area contributed by atoms with Crippen molar-refractivity contribution in [2.45, 2.75) is 46.1 Å². The number of aliphatic hydroxyl groups excluding tert-OH is 1. The standard InChI is InChI=1S/C19H24O/c1-5-13(2)16-9-11-17(12-10-16)19(20)18-8-6-7-14(3)15(18)4/h6-13,19-20H,5H2,1-4H3. The summed E-state index contributed by atoms with van der Waals surface area (Å²) in [5, 5.41) is 10.6. The van der Waals surface area contributed by atoms with Crippen molar-refractivity contribution in [3.05, 3.63) is 70.3 Å². The molecule has 2 aromatic carbocycles. The minimum absolute atomic E-state index is 0.541. The Kier molecular flexibility index (Phi) is 4.61. The average Bonchev–Trinajstić information content (AvgIpc) is 2.48. The van der Waals surface area contributed by atoms with E-state index in [1.54, 1.807) is 0 Å². The van der Waals surface area contributed by atoms with E-state index in [9.17, 15) is 5.11 Å². The zero-order valence-electron chi connectivity index (χ0n) is 12.9. The van der Waals surface area contributed by atoms with Crippen LogP contribution in [-0.2, 0) is 0 Å². The lowest BCUT2D eigenvalue weighted by Crippen LogP contribution is -2.03. The van der Waals surface area contributed by atoms with Crippen molar-refractivity contribution in [3.63, 3.8) is 0 Å². The van der Waals surface area contributed by atoms with Crippen molar-refractivity contribution in [1.29, 1.82) is 0 Å². The van der Waals surface area contributed by atoms with Gasteiger partial charge in [0, 0.05) is 0 Å². The van der Waals surface area contributed by atoms with Gasteiger partial charge in [0.2, 0.25) is 0 Å². The highest BCUT2D eigenvalue weighted by atomic mass is 16.3. The van der Waals surface area contributed by atoms with Gasteiger partial charge in [-0.2, -0.15) is 0 Å². The second-order valence-electron chi connectivity index (χ2n) is 5.67. The lowest BCUT2D eigenvalue weighted by molar-refractivity contribution is 0.219. The van der Waals surface area contributed by atoms with Crippen LogP contribution in [0.15, 0.2) is 42.5 Å². The predicted molar refractivity (Wildman–Crippen MR) is 85.1 cm³/mol. The Morgan fingerprint density at radius 1 is 0.950 bits per heavy atom. The zero-order chi connectivity index (χ0) is 14.7. The van der Waals surface area contributed by atoms with Crippen LogP contribution in [0.25, 0.3) is 0 Å². The topological polar surface area (TPSA) is 20.2 Å². The molecule has 0 fully saturated rings. The van der Waals surface area contributed by atoms with Crippen LogP contribution in [0.5, 0.6) is 0 Å². The summed E-state index contributed by atoms with van der Waals surface area (Å²) in [4.78, 5) is 0. The largest absolute Gasteiger partial charge is 0.384 e. The van der Waals surface area contributed by atoms with E-state index in [2.05, 4.69) is 45.9 Å². The van der Waals surface area contributed by atoms with Crippen LogP contribution in [0.2, 0.25) is 0 Å². The lowest BCUT2D eigenvalue weighted by atomic mass is 9.92. The van der Waals surface area contributed by atoms with Crippen LogP contribution < -0.4 is 0 Å². The average molecular weight is 268 g/mol. The smallest absolute Gasteiger partial charge is 0.104 e. The maximum atomic E-state index is 10.6. The van der Waals surface area contributed by atoms with Gasteiger partial charge < -0.3 is 5.11 Å². The Hall–Kier alpha value is -1.60. The van der Waals surface area contributed by atoms with Crippen LogP contribution >= 0.6 is 0 Å². The predicted octanol–water partition coefficient (Wildman–Crippen LogP) is 4.90. The minimum Gasteiger partial charge on any atom is -0.384 e. The van der Waals surface area contributed by atoms with Gasteiger partial charge >= 0.3 is 0 Å². The second-order valence-corrected chi connectivity index (χ2v) is 5.67. The number of benzene rings is 2. The molecule has 0 aromatic heterocycles. The molecule has 0 saturated carbocycles. The van der Waals surface area contributed by atoms with Crippen molar-refractivity contribution >= 4 is 0 Å². The summed E-state index contributed by atoms with van der Waals surface area (Å²) in [7, 11) is 0. The first-order chi connectivity index (χ1) is 9.54. The molecule has 2 rings (SSSR count). The number of hydrogen-bond acceptors (Lipinski definition) is 1. The third-order valence-electron chi connectivity index (χ3n) is 4.37. The molecule has 0 spiro atoms. The van der Waals surface area contributed by atoms with Crippen LogP contribution in [0.4, 0.5) is 0 Å². The monoisotopic (exact) mass is 268 g/mol. The van der Waals surface area contributed by atoms with Gasteiger partial charge in [-0.15, -0.1) is 0 Å². The molecule has 0 saturated heterocycles. The molecule has 0 radical (unpaired) electrons. The van der Waals surface area contributed by atoms with E-state index in [1.165, 1.54) is 16.7 Å². The maximum Gasteiger partial charge on any atom is 0.104 e. The van der Waals surface area contributed by atoms with Crippen molar-refractivity contribution in [2.24, 2.45) is 0 Å². The van der Waals surface area contributed by atoms with Gasteiger partial charge in [0.05, 0.1) is 0 Å². The summed E-state index contributed by atoms with van der Waals surface area (Å²) < 4.78 is 0. The Labute approximate surface area is 122 Å². The second kappa shape index (κ2) is 6.23. The van der Waals surface area contributed by atoms with Crippen LogP contribution in [0.1, 0.15) is 60.1 Å². The molecule has 0 amide bonds. The lowest BCUT2D eigenvalue weighted by Gasteiger charge is -2.17. The summed E-state index contributed by atoms with van der Waals surface area (Å²) in [6.07, 6.45) is 0.597. The van der Waals surface area contributed by atoms with Crippen molar-refractivity contribution < 1.29 is 5.11 Å². The molecular formula is C19H24O. The van der Waals surface area contributed by atoms with Gasteiger partial charge in [0.25, 0.3) is 0 Å². The highest BCUT2D eigenvalue weighted by Gasteiger charge is 2.14. The SMILES string of the molecule is CCC(C)c1ccc(C(O)c2cccc(C)c2C)cc1. The molecule has 1 heteroatoms. The summed E-state index contributed by atoms with van der Waals surface area (Å²) >= 11 is 0. The normalized spacial score (nSPS) is 14.1. The van der Waals surface area contributed by atoms with Crippen molar-refractivity contribution in [3.8, 4) is 0 Å². The third kappa shape index (κ3) is 2.94. The number of aryl methyl sites for hydroxylation is 1. The summed E-state index contributed by atoms with van der Waals surface area (Å²) in [6, 6.07) is 14.5. The quantitative estimate of drug-likeness (QED) is 0.836. The summed E-state index contributed by atoms with van der Waals surface area (Å²) in [5.74, 6) is 0.571. The fourth-order valence-electron chi connectivity index (χ4n) is 2.49. The Bertz CT molecular complexity index is 569. The van der Waals surface area contributed by atoms with Crippen molar-refractivity contribution in [2.75, 3.05) is 0 Å². The molecule has 106 valence electrons. The van der Waals surface area contributed by atoms with E-state index in [-0.39, 0.29) is 0 Å². The Balaban J connectivity index is 2.29. The van der Waals surface area contributed by atoms with Gasteiger partial charge in [-0.3, -0.25) is 0 Å². The van der Waals surface area contributed by atoms with Gasteiger partial charge in [0.15, 0.2) is 0 Å². The molecule has 0 heterocycles.